The van der Waals surface area contributed by atoms with Crippen LogP contribution >= 0.6 is 0 Å². The maximum atomic E-state index is 12.8. The van der Waals surface area contributed by atoms with Gasteiger partial charge in [-0.05, 0) is 62.2 Å². The van der Waals surface area contributed by atoms with Crippen molar-refractivity contribution in [2.45, 2.75) is 49.6 Å². The Hall–Kier alpha value is -2.58. The standard InChI is InChI=1S/C23H30N4O3S/c1-16-23(28)26(4)21-14-11-18(15-22(21)27(16)19-7-5-6-8-19)24-17-9-12-20(13-10-17)31(29,30)25(2)3/h9-16,19,24H,5-8H2,1-4H3. The predicted octanol–water partition coefficient (Wildman–Crippen LogP) is 3.79. The summed E-state index contributed by atoms with van der Waals surface area (Å²) in [5.74, 6) is 0.123. The molecule has 1 N–H and O–H groups in total. The van der Waals surface area contributed by atoms with Gasteiger partial charge in [0.2, 0.25) is 15.9 Å². The van der Waals surface area contributed by atoms with Crippen LogP contribution in [0.1, 0.15) is 32.6 Å². The predicted molar refractivity (Wildman–Crippen MR) is 125 cm³/mol. The van der Waals surface area contributed by atoms with Crippen molar-refractivity contribution in [1.82, 2.24) is 4.31 Å². The first kappa shape index (κ1) is 21.6. The minimum atomic E-state index is -3.45. The van der Waals surface area contributed by atoms with E-state index in [0.29, 0.717) is 6.04 Å². The summed E-state index contributed by atoms with van der Waals surface area (Å²) in [6, 6.07) is 13.0. The van der Waals surface area contributed by atoms with Gasteiger partial charge in [0.15, 0.2) is 0 Å². The molecule has 1 atom stereocenters. The van der Waals surface area contributed by atoms with Crippen LogP contribution in [-0.2, 0) is 14.8 Å². The number of benzene rings is 2. The lowest BCUT2D eigenvalue weighted by Gasteiger charge is -2.43. The van der Waals surface area contributed by atoms with Crippen LogP contribution in [0.15, 0.2) is 47.4 Å². The van der Waals surface area contributed by atoms with Crippen LogP contribution in [0.3, 0.4) is 0 Å². The summed E-state index contributed by atoms with van der Waals surface area (Å²) >= 11 is 0. The first-order valence-electron chi connectivity index (χ1n) is 10.7. The third-order valence-electron chi connectivity index (χ3n) is 6.36. The summed E-state index contributed by atoms with van der Waals surface area (Å²) in [4.78, 5) is 17.1. The molecule has 8 heteroatoms. The molecule has 1 fully saturated rings. The monoisotopic (exact) mass is 442 g/mol. The second kappa shape index (κ2) is 8.16. The number of carbonyl (C=O) groups excluding carboxylic acids is 1. The van der Waals surface area contributed by atoms with E-state index >= 15 is 0 Å². The van der Waals surface area contributed by atoms with Gasteiger partial charge >= 0.3 is 0 Å². The van der Waals surface area contributed by atoms with Gasteiger partial charge in [0.1, 0.15) is 6.04 Å². The van der Waals surface area contributed by atoms with Crippen molar-refractivity contribution in [3.63, 3.8) is 0 Å². The Morgan fingerprint density at radius 2 is 1.58 bits per heavy atom. The molecule has 1 aliphatic carbocycles. The van der Waals surface area contributed by atoms with E-state index in [-0.39, 0.29) is 16.8 Å². The quantitative estimate of drug-likeness (QED) is 0.763. The number of likely N-dealkylation sites (N-methyl/N-ethyl adjacent to an activating group) is 1. The van der Waals surface area contributed by atoms with Gasteiger partial charge in [0.25, 0.3) is 0 Å². The fraction of sp³-hybridized carbons (Fsp3) is 0.435. The fourth-order valence-electron chi connectivity index (χ4n) is 4.60. The van der Waals surface area contributed by atoms with Crippen molar-refractivity contribution in [3.05, 3.63) is 42.5 Å². The van der Waals surface area contributed by atoms with Crippen molar-refractivity contribution in [1.29, 1.82) is 0 Å². The van der Waals surface area contributed by atoms with Crippen LogP contribution < -0.4 is 15.1 Å². The molecule has 2 aliphatic rings. The largest absolute Gasteiger partial charge is 0.355 e. The second-order valence-electron chi connectivity index (χ2n) is 8.56. The van der Waals surface area contributed by atoms with Crippen LogP contribution in [0.25, 0.3) is 0 Å². The SMILES string of the molecule is CC1C(=O)N(C)c2ccc(Nc3ccc(S(=O)(=O)N(C)C)cc3)cc2N1C1CCCC1. The van der Waals surface area contributed by atoms with Gasteiger partial charge in [-0.1, -0.05) is 12.8 Å². The van der Waals surface area contributed by atoms with Crippen LogP contribution in [0.5, 0.6) is 0 Å². The van der Waals surface area contributed by atoms with Gasteiger partial charge < -0.3 is 15.1 Å². The molecule has 4 rings (SSSR count). The Morgan fingerprint density at radius 3 is 2.19 bits per heavy atom. The molecule has 0 radical (unpaired) electrons. The van der Waals surface area contributed by atoms with Gasteiger partial charge in [-0.25, -0.2) is 12.7 Å². The van der Waals surface area contributed by atoms with Crippen LogP contribution in [0, 0.1) is 0 Å². The molecular weight excluding hydrogens is 412 g/mol. The molecule has 1 heterocycles. The number of fused-ring (bicyclic) bond motifs is 1. The fourth-order valence-corrected chi connectivity index (χ4v) is 5.50. The third kappa shape index (κ3) is 3.90. The molecule has 1 aliphatic heterocycles. The zero-order valence-corrected chi connectivity index (χ0v) is 19.3. The molecule has 0 spiro atoms. The van der Waals surface area contributed by atoms with E-state index in [4.69, 9.17) is 0 Å². The molecule has 7 nitrogen and oxygen atoms in total. The molecule has 0 aromatic heterocycles. The minimum absolute atomic E-state index is 0.123. The van der Waals surface area contributed by atoms with E-state index in [2.05, 4.69) is 16.3 Å². The lowest BCUT2D eigenvalue weighted by atomic mass is 10.0. The molecule has 2 aromatic carbocycles. The molecule has 1 saturated carbocycles. The maximum Gasteiger partial charge on any atom is 0.249 e. The van der Waals surface area contributed by atoms with Gasteiger partial charge in [0.05, 0.1) is 16.3 Å². The summed E-state index contributed by atoms with van der Waals surface area (Å²) in [7, 11) is 1.43. The summed E-state index contributed by atoms with van der Waals surface area (Å²) in [5, 5.41) is 3.38. The third-order valence-corrected chi connectivity index (χ3v) is 8.19. The summed E-state index contributed by atoms with van der Waals surface area (Å²) in [6.07, 6.45) is 4.63. The first-order valence-corrected chi connectivity index (χ1v) is 12.1. The average molecular weight is 443 g/mol. The zero-order chi connectivity index (χ0) is 22.3. The Morgan fingerprint density at radius 1 is 0.968 bits per heavy atom. The summed E-state index contributed by atoms with van der Waals surface area (Å²) in [6.45, 7) is 1.99. The molecule has 1 amide bonds. The molecule has 0 bridgehead atoms. The van der Waals surface area contributed by atoms with E-state index in [9.17, 15) is 13.2 Å². The highest BCUT2D eigenvalue weighted by Gasteiger charge is 2.38. The maximum absolute atomic E-state index is 12.8. The summed E-state index contributed by atoms with van der Waals surface area (Å²) < 4.78 is 25.8. The van der Waals surface area contributed by atoms with Crippen LogP contribution in [0.4, 0.5) is 22.7 Å². The van der Waals surface area contributed by atoms with E-state index in [1.54, 1.807) is 29.2 Å². The van der Waals surface area contributed by atoms with E-state index in [1.165, 1.54) is 31.2 Å². The Bertz CT molecular complexity index is 1080. The zero-order valence-electron chi connectivity index (χ0n) is 18.5. The molecule has 0 saturated heterocycles. The molecule has 31 heavy (non-hydrogen) atoms. The topological polar surface area (TPSA) is 73.0 Å². The number of hydrogen-bond donors (Lipinski definition) is 1. The number of nitrogens with zero attached hydrogens (tertiary/aromatic N) is 3. The first-order chi connectivity index (χ1) is 14.7. The lowest BCUT2D eigenvalue weighted by molar-refractivity contribution is -0.119. The highest BCUT2D eigenvalue weighted by atomic mass is 32.2. The highest BCUT2D eigenvalue weighted by Crippen LogP contribution is 2.42. The molecule has 166 valence electrons. The number of sulfonamides is 1. The number of carbonyl (C=O) groups is 1. The molecular formula is C23H30N4O3S. The Labute approximate surface area is 184 Å². The van der Waals surface area contributed by atoms with Crippen molar-refractivity contribution in [3.8, 4) is 0 Å². The normalized spacial score (nSPS) is 19.8. The summed E-state index contributed by atoms with van der Waals surface area (Å²) in [5.41, 5.74) is 3.70. The van der Waals surface area contributed by atoms with Gasteiger partial charge in [-0.2, -0.15) is 0 Å². The smallest absolute Gasteiger partial charge is 0.249 e. The van der Waals surface area contributed by atoms with Crippen molar-refractivity contribution < 1.29 is 13.2 Å². The van der Waals surface area contributed by atoms with Crippen molar-refractivity contribution in [2.24, 2.45) is 0 Å². The number of nitrogens with one attached hydrogen (secondary N) is 1. The van der Waals surface area contributed by atoms with E-state index in [1.807, 2.05) is 26.1 Å². The average Bonchev–Trinajstić information content (AvgIpc) is 3.27. The Balaban J connectivity index is 1.64. The van der Waals surface area contributed by atoms with Crippen LogP contribution in [-0.4, -0.2) is 51.9 Å². The van der Waals surface area contributed by atoms with Gasteiger partial charge in [-0.15, -0.1) is 0 Å². The van der Waals surface area contributed by atoms with Gasteiger partial charge in [-0.3, -0.25) is 4.79 Å². The highest BCUT2D eigenvalue weighted by molar-refractivity contribution is 7.89. The minimum Gasteiger partial charge on any atom is -0.355 e. The van der Waals surface area contributed by atoms with E-state index in [0.717, 1.165) is 35.6 Å². The number of amides is 1. The lowest BCUT2D eigenvalue weighted by Crippen LogP contribution is -2.54. The van der Waals surface area contributed by atoms with Crippen molar-refractivity contribution in [2.75, 3.05) is 36.3 Å². The second-order valence-corrected chi connectivity index (χ2v) is 10.7. The molecule has 1 unspecified atom stereocenters. The molecule has 2 aromatic rings. The van der Waals surface area contributed by atoms with Crippen molar-refractivity contribution >= 4 is 38.7 Å². The Kier molecular flexibility index (Phi) is 5.70. The number of anilines is 4. The number of rotatable bonds is 5. The number of hydrogen-bond acceptors (Lipinski definition) is 5. The van der Waals surface area contributed by atoms with Crippen LogP contribution in [0.2, 0.25) is 0 Å². The van der Waals surface area contributed by atoms with E-state index < -0.39 is 10.0 Å². The van der Waals surface area contributed by atoms with Gasteiger partial charge in [0, 0.05) is 38.6 Å².